The molecule has 192 valence electrons. The van der Waals surface area contributed by atoms with E-state index < -0.39 is 0 Å². The summed E-state index contributed by atoms with van der Waals surface area (Å²) in [6.07, 6.45) is 5.80. The van der Waals surface area contributed by atoms with Crippen LogP contribution in [0.5, 0.6) is 0 Å². The monoisotopic (exact) mass is 486 g/mol. The molecule has 0 unspecified atom stereocenters. The maximum atomic E-state index is 13.3. The molecule has 2 aliphatic rings. The third-order valence-electron chi connectivity index (χ3n) is 8.00. The summed E-state index contributed by atoms with van der Waals surface area (Å²) in [4.78, 5) is 30.5. The molecule has 2 aliphatic heterocycles. The second-order valence-electron chi connectivity index (χ2n) is 12.0. The lowest BCUT2D eigenvalue weighted by molar-refractivity contribution is -0.120. The number of benzene rings is 2. The van der Waals surface area contributed by atoms with Gasteiger partial charge in [0.15, 0.2) is 0 Å². The molecule has 2 heterocycles. The summed E-state index contributed by atoms with van der Waals surface area (Å²) in [6.45, 7) is 17.2. The normalized spacial score (nSPS) is 21.9. The molecule has 0 aromatic heterocycles. The Balaban J connectivity index is 1.88. The van der Waals surface area contributed by atoms with E-state index in [1.807, 2.05) is 15.9 Å². The molecule has 2 aromatic rings. The number of hydrogen-bond donors (Lipinski definition) is 0. The second-order valence-corrected chi connectivity index (χ2v) is 12.0. The molecule has 2 aromatic carbocycles. The van der Waals surface area contributed by atoms with Crippen LogP contribution in [0.1, 0.15) is 104 Å². The molecule has 0 saturated heterocycles. The first-order valence-corrected chi connectivity index (χ1v) is 13.5. The fourth-order valence-corrected chi connectivity index (χ4v) is 6.71. The summed E-state index contributed by atoms with van der Waals surface area (Å²) in [6, 6.07) is 15.0. The van der Waals surface area contributed by atoms with Gasteiger partial charge in [-0.05, 0) is 88.8 Å². The minimum absolute atomic E-state index is 0.167. The molecule has 0 aliphatic carbocycles. The van der Waals surface area contributed by atoms with Crippen LogP contribution < -0.4 is 9.80 Å². The van der Waals surface area contributed by atoms with Crippen LogP contribution in [0.15, 0.2) is 48.5 Å². The van der Waals surface area contributed by atoms with Crippen LogP contribution in [0.25, 0.3) is 5.57 Å². The van der Waals surface area contributed by atoms with Gasteiger partial charge in [-0.15, -0.1) is 0 Å². The van der Waals surface area contributed by atoms with Crippen LogP contribution in [0.4, 0.5) is 11.4 Å². The highest BCUT2D eigenvalue weighted by Crippen LogP contribution is 2.52. The summed E-state index contributed by atoms with van der Waals surface area (Å²) in [7, 11) is 0. The van der Waals surface area contributed by atoms with Crippen LogP contribution in [0, 0.1) is 0 Å². The lowest BCUT2D eigenvalue weighted by Gasteiger charge is -2.51. The minimum atomic E-state index is -0.367. The van der Waals surface area contributed by atoms with Gasteiger partial charge < -0.3 is 9.80 Å². The first-order chi connectivity index (χ1) is 16.9. The number of carbonyl (C=O) groups is 2. The first kappa shape index (κ1) is 26.2. The van der Waals surface area contributed by atoms with E-state index in [2.05, 4.69) is 97.9 Å². The van der Waals surface area contributed by atoms with Crippen LogP contribution in [0.3, 0.4) is 0 Å². The zero-order valence-electron chi connectivity index (χ0n) is 23.4. The Hall–Kier alpha value is -2.88. The van der Waals surface area contributed by atoms with Crippen molar-refractivity contribution in [3.63, 3.8) is 0 Å². The summed E-state index contributed by atoms with van der Waals surface area (Å²) in [5.41, 5.74) is 5.76. The van der Waals surface area contributed by atoms with E-state index in [9.17, 15) is 9.59 Å². The van der Waals surface area contributed by atoms with Gasteiger partial charge in [-0.3, -0.25) is 9.59 Å². The van der Waals surface area contributed by atoms with Crippen molar-refractivity contribution in [2.45, 2.75) is 104 Å². The Bertz CT molecular complexity index is 1220. The van der Waals surface area contributed by atoms with Crippen molar-refractivity contribution in [3.8, 4) is 0 Å². The second kappa shape index (κ2) is 9.21. The van der Waals surface area contributed by atoms with Gasteiger partial charge in [0.25, 0.3) is 0 Å². The molecule has 4 nitrogen and oxygen atoms in total. The predicted octanol–water partition coefficient (Wildman–Crippen LogP) is 7.64. The van der Waals surface area contributed by atoms with E-state index in [1.165, 1.54) is 16.7 Å². The van der Waals surface area contributed by atoms with Crippen molar-refractivity contribution in [3.05, 3.63) is 65.2 Å². The Labute approximate surface area is 217 Å². The fraction of sp³-hybridized carbons (Fsp3) is 0.500. The Morgan fingerprint density at radius 2 is 1.44 bits per heavy atom. The molecule has 0 spiro atoms. The number of nitrogens with zero attached hydrogens (tertiary/aromatic N) is 2. The van der Waals surface area contributed by atoms with E-state index >= 15 is 0 Å². The van der Waals surface area contributed by atoms with Gasteiger partial charge in [0.1, 0.15) is 0 Å². The molecular formula is C32H42N2O2. The van der Waals surface area contributed by atoms with E-state index in [-0.39, 0.29) is 28.3 Å². The molecule has 0 bridgehead atoms. The molecule has 0 N–H and O–H groups in total. The number of carbonyl (C=O) groups excluding carboxylic acids is 2. The lowest BCUT2D eigenvalue weighted by Crippen LogP contribution is -2.55. The summed E-state index contributed by atoms with van der Waals surface area (Å²) < 4.78 is 0. The SMILES string of the molecule is CCCC(=O)N1c2ccc([C@@]3(C)CC(C)(C)N(C(=O)CCC)c4ccccc43)cc2C(C)=CC1(C)C. The van der Waals surface area contributed by atoms with Crippen molar-refractivity contribution >= 4 is 28.8 Å². The zero-order chi connectivity index (χ0) is 26.5. The highest BCUT2D eigenvalue weighted by molar-refractivity contribution is 6.01. The molecule has 1 atom stereocenters. The molecule has 4 rings (SSSR count). The van der Waals surface area contributed by atoms with Gasteiger partial charge in [-0.2, -0.15) is 0 Å². The smallest absolute Gasteiger partial charge is 0.227 e. The fourth-order valence-electron chi connectivity index (χ4n) is 6.71. The number of amides is 2. The Morgan fingerprint density at radius 3 is 2.08 bits per heavy atom. The number of rotatable bonds is 5. The van der Waals surface area contributed by atoms with Crippen LogP contribution >= 0.6 is 0 Å². The van der Waals surface area contributed by atoms with Crippen molar-refractivity contribution in [1.82, 2.24) is 0 Å². The lowest BCUT2D eigenvalue weighted by atomic mass is 9.64. The predicted molar refractivity (Wildman–Crippen MR) is 151 cm³/mol. The van der Waals surface area contributed by atoms with E-state index in [0.29, 0.717) is 12.8 Å². The molecule has 0 saturated carbocycles. The van der Waals surface area contributed by atoms with Crippen LogP contribution in [-0.2, 0) is 15.0 Å². The first-order valence-electron chi connectivity index (χ1n) is 13.5. The number of allylic oxidation sites excluding steroid dienone is 1. The standard InChI is InChI=1S/C32H42N2O2/c1-9-13-28(35)33-26-18-17-23(19-24(26)22(3)20-30(33,4)5)32(8)21-31(6,7)34(29(36)14-10-2)27-16-12-11-15-25(27)32/h11-12,15-20H,9-10,13-14,21H2,1-8H3/t32-/m1/s1. The zero-order valence-corrected chi connectivity index (χ0v) is 23.4. The number of para-hydroxylation sites is 1. The van der Waals surface area contributed by atoms with Crippen molar-refractivity contribution < 1.29 is 9.59 Å². The molecule has 0 fully saturated rings. The van der Waals surface area contributed by atoms with Crippen LogP contribution in [-0.4, -0.2) is 22.9 Å². The highest BCUT2D eigenvalue weighted by atomic mass is 16.2. The van der Waals surface area contributed by atoms with Crippen molar-refractivity contribution in [2.75, 3.05) is 9.80 Å². The third-order valence-corrected chi connectivity index (χ3v) is 8.00. The van der Waals surface area contributed by atoms with Gasteiger partial charge in [0, 0.05) is 35.0 Å². The number of fused-ring (bicyclic) bond motifs is 2. The van der Waals surface area contributed by atoms with Gasteiger partial charge in [-0.1, -0.05) is 51.1 Å². The Kier molecular flexibility index (Phi) is 6.70. The highest BCUT2D eigenvalue weighted by Gasteiger charge is 2.48. The number of anilines is 2. The maximum Gasteiger partial charge on any atom is 0.227 e. The summed E-state index contributed by atoms with van der Waals surface area (Å²) in [5.74, 6) is 0.356. The van der Waals surface area contributed by atoms with Crippen LogP contribution in [0.2, 0.25) is 0 Å². The van der Waals surface area contributed by atoms with Gasteiger partial charge in [0.2, 0.25) is 11.8 Å². The molecule has 36 heavy (non-hydrogen) atoms. The largest absolute Gasteiger partial charge is 0.307 e. The van der Waals surface area contributed by atoms with E-state index in [1.54, 1.807) is 0 Å². The average molecular weight is 487 g/mol. The molecular weight excluding hydrogens is 444 g/mol. The van der Waals surface area contributed by atoms with E-state index in [0.717, 1.165) is 36.2 Å². The maximum absolute atomic E-state index is 13.3. The average Bonchev–Trinajstić information content (AvgIpc) is 2.78. The van der Waals surface area contributed by atoms with E-state index in [4.69, 9.17) is 0 Å². The topological polar surface area (TPSA) is 40.6 Å². The van der Waals surface area contributed by atoms with Crippen molar-refractivity contribution in [2.24, 2.45) is 0 Å². The number of hydrogen-bond acceptors (Lipinski definition) is 2. The summed E-state index contributed by atoms with van der Waals surface area (Å²) in [5, 5.41) is 0. The Morgan fingerprint density at radius 1 is 0.833 bits per heavy atom. The molecule has 4 heteroatoms. The summed E-state index contributed by atoms with van der Waals surface area (Å²) >= 11 is 0. The molecule has 2 amide bonds. The van der Waals surface area contributed by atoms with Gasteiger partial charge >= 0.3 is 0 Å². The third kappa shape index (κ3) is 4.19. The van der Waals surface area contributed by atoms with Crippen molar-refractivity contribution in [1.29, 1.82) is 0 Å². The minimum Gasteiger partial charge on any atom is -0.307 e. The van der Waals surface area contributed by atoms with Gasteiger partial charge in [-0.25, -0.2) is 0 Å². The van der Waals surface area contributed by atoms with Gasteiger partial charge in [0.05, 0.1) is 11.2 Å². The molecule has 0 radical (unpaired) electrons. The quantitative estimate of drug-likeness (QED) is 0.436.